The summed E-state index contributed by atoms with van der Waals surface area (Å²) in [6.07, 6.45) is 3.89. The van der Waals surface area contributed by atoms with Crippen molar-refractivity contribution in [3.05, 3.63) is 96.7 Å². The summed E-state index contributed by atoms with van der Waals surface area (Å²) in [4.78, 5) is 2.27. The van der Waals surface area contributed by atoms with Crippen LogP contribution in [0.25, 0.3) is 0 Å². The maximum absolute atomic E-state index is 4.05. The normalized spacial score (nSPS) is 16.2. The van der Waals surface area contributed by atoms with Crippen LogP contribution in [-0.2, 0) is 5.41 Å². The first-order valence-corrected chi connectivity index (χ1v) is 7.55. The van der Waals surface area contributed by atoms with Gasteiger partial charge in [0.25, 0.3) is 0 Å². The average Bonchev–Trinajstić information content (AvgIpc) is 2.55. The Labute approximate surface area is 132 Å². The van der Waals surface area contributed by atoms with E-state index in [0.717, 1.165) is 11.4 Å². The summed E-state index contributed by atoms with van der Waals surface area (Å²) < 4.78 is 0. The molecule has 0 aliphatic carbocycles. The standard InChI is InChI=1S/C21H21N/c1-5-17-19(6-2)22(16-12-8-7-9-13-16)20-15-11-10-14-18(20)21(17,3)4/h5-15H,1-2H2,3-4H3. The van der Waals surface area contributed by atoms with Crippen molar-refractivity contribution in [1.29, 1.82) is 0 Å². The molecule has 0 saturated carbocycles. The fourth-order valence-corrected chi connectivity index (χ4v) is 3.33. The lowest BCUT2D eigenvalue weighted by molar-refractivity contribution is 0.621. The van der Waals surface area contributed by atoms with Crippen molar-refractivity contribution in [2.24, 2.45) is 0 Å². The molecule has 1 aliphatic heterocycles. The molecule has 0 N–H and O–H groups in total. The second-order valence-electron chi connectivity index (χ2n) is 6.02. The number of fused-ring (bicyclic) bond motifs is 1. The molecule has 2 aromatic carbocycles. The highest BCUT2D eigenvalue weighted by atomic mass is 15.2. The number of benzene rings is 2. The smallest absolute Gasteiger partial charge is 0.0502 e. The van der Waals surface area contributed by atoms with Crippen LogP contribution >= 0.6 is 0 Å². The third-order valence-corrected chi connectivity index (χ3v) is 4.42. The Balaban J connectivity index is 2.36. The summed E-state index contributed by atoms with van der Waals surface area (Å²) >= 11 is 0. The molecule has 0 bridgehead atoms. The fraction of sp³-hybridized carbons (Fsp3) is 0.143. The zero-order valence-corrected chi connectivity index (χ0v) is 13.2. The third kappa shape index (κ3) is 2.01. The lowest BCUT2D eigenvalue weighted by Gasteiger charge is -2.42. The van der Waals surface area contributed by atoms with Gasteiger partial charge in [0.2, 0.25) is 0 Å². The van der Waals surface area contributed by atoms with Crippen molar-refractivity contribution in [3.8, 4) is 0 Å². The minimum atomic E-state index is -0.0901. The number of para-hydroxylation sites is 2. The summed E-state index contributed by atoms with van der Waals surface area (Å²) in [5, 5.41) is 0. The predicted molar refractivity (Wildman–Crippen MR) is 95.5 cm³/mol. The van der Waals surface area contributed by atoms with Crippen molar-refractivity contribution in [3.63, 3.8) is 0 Å². The Morgan fingerprint density at radius 2 is 1.50 bits per heavy atom. The van der Waals surface area contributed by atoms with Gasteiger partial charge in [-0.2, -0.15) is 0 Å². The highest BCUT2D eigenvalue weighted by Gasteiger charge is 2.36. The number of hydrogen-bond acceptors (Lipinski definition) is 1. The first-order chi connectivity index (χ1) is 10.6. The van der Waals surface area contributed by atoms with E-state index in [-0.39, 0.29) is 5.41 Å². The average molecular weight is 287 g/mol. The van der Waals surface area contributed by atoms with E-state index in [0.29, 0.717) is 0 Å². The molecule has 1 aliphatic rings. The Morgan fingerprint density at radius 3 is 2.14 bits per heavy atom. The quantitative estimate of drug-likeness (QED) is 0.695. The van der Waals surface area contributed by atoms with E-state index >= 15 is 0 Å². The molecule has 0 atom stereocenters. The Bertz CT molecular complexity index is 750. The van der Waals surface area contributed by atoms with Crippen LogP contribution in [0.5, 0.6) is 0 Å². The molecule has 1 heterocycles. The van der Waals surface area contributed by atoms with Gasteiger partial charge in [0.1, 0.15) is 0 Å². The second-order valence-corrected chi connectivity index (χ2v) is 6.02. The molecule has 2 aromatic rings. The van der Waals surface area contributed by atoms with Gasteiger partial charge in [0, 0.05) is 16.8 Å². The van der Waals surface area contributed by atoms with E-state index in [1.165, 1.54) is 16.8 Å². The third-order valence-electron chi connectivity index (χ3n) is 4.42. The highest BCUT2D eigenvalue weighted by molar-refractivity contribution is 5.79. The lowest BCUT2D eigenvalue weighted by Crippen LogP contribution is -2.33. The molecule has 0 fully saturated rings. The van der Waals surface area contributed by atoms with Crippen LogP contribution in [0.3, 0.4) is 0 Å². The van der Waals surface area contributed by atoms with E-state index in [1.807, 2.05) is 18.2 Å². The molecule has 22 heavy (non-hydrogen) atoms. The number of hydrogen-bond donors (Lipinski definition) is 0. The van der Waals surface area contributed by atoms with Gasteiger partial charge in [0.05, 0.1) is 5.69 Å². The second kappa shape index (κ2) is 5.34. The van der Waals surface area contributed by atoms with Gasteiger partial charge >= 0.3 is 0 Å². The number of allylic oxidation sites excluding steroid dienone is 3. The maximum atomic E-state index is 4.05. The van der Waals surface area contributed by atoms with Crippen molar-refractivity contribution in [2.75, 3.05) is 4.90 Å². The summed E-state index contributed by atoms with van der Waals surface area (Å²) in [5.41, 5.74) is 5.86. The molecule has 0 saturated heterocycles. The minimum absolute atomic E-state index is 0.0901. The van der Waals surface area contributed by atoms with Crippen LogP contribution in [-0.4, -0.2) is 0 Å². The summed E-state index contributed by atoms with van der Waals surface area (Å²) in [7, 11) is 0. The zero-order valence-electron chi connectivity index (χ0n) is 13.2. The Hall–Kier alpha value is -2.54. The molecule has 0 unspecified atom stereocenters. The molecule has 3 rings (SSSR count). The van der Waals surface area contributed by atoms with Crippen molar-refractivity contribution < 1.29 is 0 Å². The Kier molecular flexibility index (Phi) is 3.50. The number of rotatable bonds is 3. The van der Waals surface area contributed by atoms with Crippen molar-refractivity contribution in [2.45, 2.75) is 19.3 Å². The largest absolute Gasteiger partial charge is 0.310 e. The molecule has 0 aromatic heterocycles. The minimum Gasteiger partial charge on any atom is -0.310 e. The number of nitrogens with zero attached hydrogens (tertiary/aromatic N) is 1. The molecule has 110 valence electrons. The summed E-state index contributed by atoms with van der Waals surface area (Å²) in [5.74, 6) is 0. The molecule has 1 heteroatoms. The van der Waals surface area contributed by atoms with E-state index in [4.69, 9.17) is 0 Å². The predicted octanol–water partition coefficient (Wildman–Crippen LogP) is 5.74. The highest BCUT2D eigenvalue weighted by Crippen LogP contribution is 2.48. The SMILES string of the molecule is C=CC1=C(C=C)C(C)(C)c2ccccc2N1c1ccccc1. The molecular formula is C21H21N. The van der Waals surface area contributed by atoms with Gasteiger partial charge in [-0.1, -0.05) is 69.5 Å². The molecule has 0 radical (unpaired) electrons. The number of anilines is 2. The topological polar surface area (TPSA) is 3.24 Å². The lowest BCUT2D eigenvalue weighted by atomic mass is 9.73. The van der Waals surface area contributed by atoms with Crippen molar-refractivity contribution >= 4 is 11.4 Å². The van der Waals surface area contributed by atoms with Crippen molar-refractivity contribution in [1.82, 2.24) is 0 Å². The van der Waals surface area contributed by atoms with Crippen LogP contribution in [0.15, 0.2) is 91.2 Å². The van der Waals surface area contributed by atoms with Gasteiger partial charge < -0.3 is 4.90 Å². The zero-order chi connectivity index (χ0) is 15.7. The Morgan fingerprint density at radius 1 is 0.864 bits per heavy atom. The van der Waals surface area contributed by atoms with E-state index in [2.05, 4.69) is 80.4 Å². The summed E-state index contributed by atoms with van der Waals surface area (Å²) in [6.45, 7) is 12.6. The molecular weight excluding hydrogens is 266 g/mol. The summed E-state index contributed by atoms with van der Waals surface area (Å²) in [6, 6.07) is 19.0. The first kappa shape index (κ1) is 14.4. The van der Waals surface area contributed by atoms with Gasteiger partial charge in [-0.25, -0.2) is 0 Å². The van der Waals surface area contributed by atoms with Crippen LogP contribution in [0, 0.1) is 0 Å². The van der Waals surface area contributed by atoms with E-state index < -0.39 is 0 Å². The van der Waals surface area contributed by atoms with Crippen LogP contribution < -0.4 is 4.90 Å². The van der Waals surface area contributed by atoms with Crippen LogP contribution in [0.4, 0.5) is 11.4 Å². The molecule has 0 amide bonds. The molecule has 1 nitrogen and oxygen atoms in total. The monoisotopic (exact) mass is 287 g/mol. The van der Waals surface area contributed by atoms with Gasteiger partial charge in [-0.15, -0.1) is 0 Å². The van der Waals surface area contributed by atoms with E-state index in [9.17, 15) is 0 Å². The first-order valence-electron chi connectivity index (χ1n) is 7.55. The molecule has 0 spiro atoms. The van der Waals surface area contributed by atoms with Gasteiger partial charge in [-0.05, 0) is 35.4 Å². The fourth-order valence-electron chi connectivity index (χ4n) is 3.33. The maximum Gasteiger partial charge on any atom is 0.0502 e. The van der Waals surface area contributed by atoms with E-state index in [1.54, 1.807) is 0 Å². The van der Waals surface area contributed by atoms with Crippen LogP contribution in [0.2, 0.25) is 0 Å². The van der Waals surface area contributed by atoms with Gasteiger partial charge in [0.15, 0.2) is 0 Å². The van der Waals surface area contributed by atoms with Gasteiger partial charge in [-0.3, -0.25) is 0 Å². The van der Waals surface area contributed by atoms with Crippen LogP contribution in [0.1, 0.15) is 19.4 Å².